The Hall–Kier alpha value is -1.60. The summed E-state index contributed by atoms with van der Waals surface area (Å²) in [6.45, 7) is 2.82. The maximum atomic E-state index is 12.2. The van der Waals surface area contributed by atoms with Gasteiger partial charge in [0.25, 0.3) is 5.91 Å². The molecule has 0 aromatic heterocycles. The molecule has 1 aliphatic heterocycles. The fraction of sp³-hybridized carbons (Fsp3) is 0.562. The highest BCUT2D eigenvalue weighted by Crippen LogP contribution is 2.22. The van der Waals surface area contributed by atoms with E-state index in [2.05, 4.69) is 5.32 Å². The molecule has 23 heavy (non-hydrogen) atoms. The predicted octanol–water partition coefficient (Wildman–Crippen LogP) is -0.597. The average Bonchev–Trinajstić information content (AvgIpc) is 2.72. The van der Waals surface area contributed by atoms with E-state index in [0.29, 0.717) is 19.5 Å². The maximum absolute atomic E-state index is 12.2. The van der Waals surface area contributed by atoms with Crippen molar-refractivity contribution in [2.75, 3.05) is 32.2 Å². The van der Waals surface area contributed by atoms with E-state index in [1.807, 2.05) is 31.3 Å². The summed E-state index contributed by atoms with van der Waals surface area (Å²) in [6, 6.07) is 7.75. The largest absolute Gasteiger partial charge is 0.497 e. The Labute approximate surface area is 137 Å². The summed E-state index contributed by atoms with van der Waals surface area (Å²) >= 11 is 0. The van der Waals surface area contributed by atoms with Crippen LogP contribution in [0.25, 0.3) is 0 Å². The Balaban J connectivity index is 1.84. The molecule has 0 aliphatic carbocycles. The van der Waals surface area contributed by atoms with E-state index in [4.69, 9.17) is 4.74 Å². The van der Waals surface area contributed by atoms with Crippen LogP contribution in [0.15, 0.2) is 24.3 Å². The monoisotopic (exact) mass is 341 g/mol. The third-order valence-corrected chi connectivity index (χ3v) is 5.97. The Morgan fingerprint density at radius 1 is 1.35 bits per heavy atom. The minimum absolute atomic E-state index is 0.0310. The van der Waals surface area contributed by atoms with Crippen molar-refractivity contribution in [1.82, 2.24) is 5.32 Å². The second kappa shape index (κ2) is 6.88. The van der Waals surface area contributed by atoms with Crippen molar-refractivity contribution in [2.45, 2.75) is 25.4 Å². The van der Waals surface area contributed by atoms with E-state index in [1.54, 1.807) is 14.0 Å². The van der Waals surface area contributed by atoms with Gasteiger partial charge in [0.1, 0.15) is 12.3 Å². The van der Waals surface area contributed by atoms with Gasteiger partial charge in [-0.2, -0.15) is 0 Å². The first-order chi connectivity index (χ1) is 10.7. The third kappa shape index (κ3) is 5.21. The topological polar surface area (TPSA) is 76.9 Å². The second-order valence-electron chi connectivity index (χ2n) is 6.61. The molecule has 1 unspecified atom stereocenters. The standard InChI is InChI=1S/C16H24N2O4S/c1-16(8-9-23(20,21)12-16)17-15(19)11-18(2)10-13-4-6-14(22-3)7-5-13/h4-7H,8-12H2,1-3H3,(H,17,19)/p+1/t16-/m1/s1. The number of benzene rings is 1. The predicted molar refractivity (Wildman–Crippen MR) is 88.3 cm³/mol. The molecule has 2 atom stereocenters. The Morgan fingerprint density at radius 3 is 2.52 bits per heavy atom. The van der Waals surface area contributed by atoms with Gasteiger partial charge < -0.3 is 15.0 Å². The van der Waals surface area contributed by atoms with Crippen LogP contribution in [-0.4, -0.2) is 52.1 Å². The number of carbonyl (C=O) groups is 1. The van der Waals surface area contributed by atoms with E-state index in [-0.39, 0.29) is 17.4 Å². The van der Waals surface area contributed by atoms with Crippen molar-refractivity contribution < 1.29 is 22.8 Å². The molecule has 6 nitrogen and oxygen atoms in total. The van der Waals surface area contributed by atoms with Crippen LogP contribution in [0.2, 0.25) is 0 Å². The molecule has 0 spiro atoms. The summed E-state index contributed by atoms with van der Waals surface area (Å²) in [5.74, 6) is 0.872. The van der Waals surface area contributed by atoms with Gasteiger partial charge in [0, 0.05) is 5.56 Å². The highest BCUT2D eigenvalue weighted by atomic mass is 32.2. The number of rotatable bonds is 6. The van der Waals surface area contributed by atoms with Gasteiger partial charge in [0.15, 0.2) is 16.4 Å². The van der Waals surface area contributed by atoms with E-state index >= 15 is 0 Å². The van der Waals surface area contributed by atoms with Gasteiger partial charge in [-0.05, 0) is 37.6 Å². The number of nitrogens with one attached hydrogen (secondary N) is 2. The van der Waals surface area contributed by atoms with Crippen LogP contribution < -0.4 is 15.0 Å². The van der Waals surface area contributed by atoms with E-state index in [1.165, 1.54) is 0 Å². The molecule has 128 valence electrons. The summed E-state index contributed by atoms with van der Waals surface area (Å²) < 4.78 is 28.3. The first kappa shape index (κ1) is 17.7. The quantitative estimate of drug-likeness (QED) is 0.725. The molecular weight excluding hydrogens is 316 g/mol. The maximum Gasteiger partial charge on any atom is 0.275 e. The number of methoxy groups -OCH3 is 1. The molecule has 1 aliphatic rings. The lowest BCUT2D eigenvalue weighted by Gasteiger charge is -2.24. The van der Waals surface area contributed by atoms with Gasteiger partial charge in [0.2, 0.25) is 0 Å². The molecule has 7 heteroatoms. The second-order valence-corrected chi connectivity index (χ2v) is 8.79. The number of hydrogen-bond donors (Lipinski definition) is 2. The molecule has 1 aromatic carbocycles. The zero-order chi connectivity index (χ0) is 17.1. The van der Waals surface area contributed by atoms with Crippen molar-refractivity contribution in [3.05, 3.63) is 29.8 Å². The van der Waals surface area contributed by atoms with Crippen molar-refractivity contribution in [3.8, 4) is 5.75 Å². The SMILES string of the molecule is COc1ccc(C[NH+](C)CC(=O)N[C@]2(C)CCS(=O)(=O)C2)cc1. The number of sulfone groups is 1. The average molecular weight is 341 g/mol. The Morgan fingerprint density at radius 2 is 2.00 bits per heavy atom. The molecule has 0 bridgehead atoms. The lowest BCUT2D eigenvalue weighted by Crippen LogP contribution is -3.09. The minimum Gasteiger partial charge on any atom is -0.497 e. The van der Waals surface area contributed by atoms with Crippen LogP contribution in [0.3, 0.4) is 0 Å². The summed E-state index contributed by atoms with van der Waals surface area (Å²) in [7, 11) is 0.551. The molecular formula is C16H25N2O4S+. The third-order valence-electron chi connectivity index (χ3n) is 4.07. The summed E-state index contributed by atoms with van der Waals surface area (Å²) in [6.07, 6.45) is 0.485. The molecule has 1 saturated heterocycles. The summed E-state index contributed by atoms with van der Waals surface area (Å²) in [5, 5.41) is 2.89. The number of hydrogen-bond acceptors (Lipinski definition) is 4. The van der Waals surface area contributed by atoms with Crippen molar-refractivity contribution in [2.24, 2.45) is 0 Å². The molecule has 0 radical (unpaired) electrons. The highest BCUT2D eigenvalue weighted by molar-refractivity contribution is 7.91. The first-order valence-corrected chi connectivity index (χ1v) is 9.49. The molecule has 1 amide bonds. The number of ether oxygens (including phenoxy) is 1. The van der Waals surface area contributed by atoms with Crippen LogP contribution >= 0.6 is 0 Å². The van der Waals surface area contributed by atoms with Gasteiger partial charge in [-0.1, -0.05) is 0 Å². The minimum atomic E-state index is -3.02. The van der Waals surface area contributed by atoms with Gasteiger partial charge in [-0.25, -0.2) is 8.42 Å². The molecule has 2 N–H and O–H groups in total. The number of likely N-dealkylation sites (N-methyl/N-ethyl adjacent to an activating group) is 1. The normalized spacial score (nSPS) is 24.1. The van der Waals surface area contributed by atoms with Gasteiger partial charge in [0.05, 0.1) is 31.2 Å². The van der Waals surface area contributed by atoms with Crippen LogP contribution in [-0.2, 0) is 21.2 Å². The van der Waals surface area contributed by atoms with E-state index < -0.39 is 15.4 Å². The fourth-order valence-corrected chi connectivity index (χ4v) is 5.01. The molecule has 0 saturated carbocycles. The van der Waals surface area contributed by atoms with Gasteiger partial charge >= 0.3 is 0 Å². The summed E-state index contributed by atoms with van der Waals surface area (Å²) in [5.41, 5.74) is 0.488. The van der Waals surface area contributed by atoms with E-state index in [9.17, 15) is 13.2 Å². The highest BCUT2D eigenvalue weighted by Gasteiger charge is 2.39. The van der Waals surface area contributed by atoms with Crippen molar-refractivity contribution in [1.29, 1.82) is 0 Å². The van der Waals surface area contributed by atoms with Crippen LogP contribution in [0.1, 0.15) is 18.9 Å². The molecule has 1 heterocycles. The number of quaternary nitrogens is 1. The lowest BCUT2D eigenvalue weighted by molar-refractivity contribution is -0.885. The number of carbonyl (C=O) groups excluding carboxylic acids is 1. The molecule has 2 rings (SSSR count). The lowest BCUT2D eigenvalue weighted by atomic mass is 10.0. The Kier molecular flexibility index (Phi) is 5.31. The first-order valence-electron chi connectivity index (χ1n) is 7.67. The number of amides is 1. The fourth-order valence-electron chi connectivity index (χ4n) is 2.92. The smallest absolute Gasteiger partial charge is 0.275 e. The van der Waals surface area contributed by atoms with Crippen molar-refractivity contribution >= 4 is 15.7 Å². The van der Waals surface area contributed by atoms with Crippen LogP contribution in [0.5, 0.6) is 5.75 Å². The zero-order valence-corrected chi connectivity index (χ0v) is 14.7. The molecule has 1 fully saturated rings. The molecule has 1 aromatic rings. The zero-order valence-electron chi connectivity index (χ0n) is 13.9. The van der Waals surface area contributed by atoms with Gasteiger partial charge in [-0.3, -0.25) is 4.79 Å². The summed E-state index contributed by atoms with van der Waals surface area (Å²) in [4.78, 5) is 13.2. The van der Waals surface area contributed by atoms with E-state index in [0.717, 1.165) is 16.2 Å². The Bertz CT molecular complexity index is 657. The van der Waals surface area contributed by atoms with Gasteiger partial charge in [-0.15, -0.1) is 0 Å². The van der Waals surface area contributed by atoms with Crippen molar-refractivity contribution in [3.63, 3.8) is 0 Å². The van der Waals surface area contributed by atoms with Crippen LogP contribution in [0, 0.1) is 0 Å². The van der Waals surface area contributed by atoms with Crippen LogP contribution in [0.4, 0.5) is 0 Å².